The number of piperazine rings is 1. The number of rotatable bonds is 3. The van der Waals surface area contributed by atoms with Gasteiger partial charge in [0.25, 0.3) is 0 Å². The van der Waals surface area contributed by atoms with Crippen LogP contribution in [0.2, 0.25) is 0 Å². The summed E-state index contributed by atoms with van der Waals surface area (Å²) in [5, 5.41) is 0. The minimum atomic E-state index is 0.816. The first-order chi connectivity index (χ1) is 5.72. The van der Waals surface area contributed by atoms with E-state index in [9.17, 15) is 0 Å². The Balaban J connectivity index is 2.17. The predicted octanol–water partition coefficient (Wildman–Crippen LogP) is 1.65. The second-order valence-corrected chi connectivity index (χ2v) is 4.61. The maximum Gasteiger partial charge on any atom is 0.0506 e. The van der Waals surface area contributed by atoms with E-state index in [0.717, 1.165) is 5.92 Å². The number of halogens is 1. The summed E-state index contributed by atoms with van der Waals surface area (Å²) in [4.78, 5) is 5.09. The highest BCUT2D eigenvalue weighted by atomic mass is 127. The van der Waals surface area contributed by atoms with Crippen LogP contribution in [0.4, 0.5) is 0 Å². The van der Waals surface area contributed by atoms with Gasteiger partial charge in [-0.2, -0.15) is 0 Å². The molecule has 0 aliphatic carbocycles. The summed E-state index contributed by atoms with van der Waals surface area (Å²) >= 11 is 2.45. The van der Waals surface area contributed by atoms with Crippen LogP contribution in [-0.2, 0) is 0 Å². The zero-order valence-corrected chi connectivity index (χ0v) is 10.2. The van der Waals surface area contributed by atoms with Gasteiger partial charge in [0.1, 0.15) is 0 Å². The highest BCUT2D eigenvalue weighted by molar-refractivity contribution is 14.1. The molecule has 0 spiro atoms. The minimum Gasteiger partial charge on any atom is -0.301 e. The minimum absolute atomic E-state index is 0.816. The smallest absolute Gasteiger partial charge is 0.0506 e. The third-order valence-corrected chi connectivity index (χ3v) is 3.22. The lowest BCUT2D eigenvalue weighted by atomic mass is 10.2. The second-order valence-electron chi connectivity index (χ2n) is 3.93. The lowest BCUT2D eigenvalue weighted by Crippen LogP contribution is -2.46. The molecule has 0 saturated carbocycles. The molecule has 1 rings (SSSR count). The Morgan fingerprint density at radius 1 is 1.08 bits per heavy atom. The molecular formula is C9H19IN2. The van der Waals surface area contributed by atoms with Crippen LogP contribution in [0.1, 0.15) is 13.8 Å². The van der Waals surface area contributed by atoms with Gasteiger partial charge in [0, 0.05) is 32.7 Å². The van der Waals surface area contributed by atoms with Gasteiger partial charge in [-0.05, 0) is 5.92 Å². The van der Waals surface area contributed by atoms with Crippen molar-refractivity contribution in [3.05, 3.63) is 0 Å². The van der Waals surface area contributed by atoms with Crippen LogP contribution in [0, 0.1) is 5.92 Å². The molecule has 0 amide bonds. The molecule has 0 unspecified atom stereocenters. The summed E-state index contributed by atoms with van der Waals surface area (Å²) in [7, 11) is 0. The number of hydrogen-bond donors (Lipinski definition) is 0. The Bertz CT molecular complexity index is 120. The average Bonchev–Trinajstić information content (AvgIpc) is 2.05. The van der Waals surface area contributed by atoms with Gasteiger partial charge < -0.3 is 4.90 Å². The molecule has 1 saturated heterocycles. The van der Waals surface area contributed by atoms with E-state index in [1.165, 1.54) is 37.3 Å². The Morgan fingerprint density at radius 2 is 1.58 bits per heavy atom. The van der Waals surface area contributed by atoms with E-state index in [4.69, 9.17) is 0 Å². The van der Waals surface area contributed by atoms with Crippen LogP contribution in [0.25, 0.3) is 0 Å². The molecule has 0 N–H and O–H groups in total. The standard InChI is InChI=1S/C9H19IN2/c1-9(2)7-11-3-5-12(8-10)6-4-11/h9H,3-8H2,1-2H3. The van der Waals surface area contributed by atoms with Gasteiger partial charge in [-0.1, -0.05) is 36.4 Å². The fourth-order valence-corrected chi connectivity index (χ4v) is 2.29. The zero-order chi connectivity index (χ0) is 8.97. The van der Waals surface area contributed by atoms with Gasteiger partial charge in [0.15, 0.2) is 0 Å². The van der Waals surface area contributed by atoms with E-state index in [0.29, 0.717) is 0 Å². The van der Waals surface area contributed by atoms with Crippen LogP contribution < -0.4 is 0 Å². The van der Waals surface area contributed by atoms with Gasteiger partial charge in [-0.3, -0.25) is 4.90 Å². The van der Waals surface area contributed by atoms with Crippen LogP contribution in [0.15, 0.2) is 0 Å². The molecule has 0 aromatic carbocycles. The third-order valence-electron chi connectivity index (χ3n) is 2.26. The molecule has 1 heterocycles. The first kappa shape index (κ1) is 10.7. The van der Waals surface area contributed by atoms with E-state index in [2.05, 4.69) is 46.2 Å². The monoisotopic (exact) mass is 282 g/mol. The van der Waals surface area contributed by atoms with E-state index >= 15 is 0 Å². The lowest BCUT2D eigenvalue weighted by molar-refractivity contribution is 0.139. The van der Waals surface area contributed by atoms with Gasteiger partial charge >= 0.3 is 0 Å². The van der Waals surface area contributed by atoms with Gasteiger partial charge in [-0.25, -0.2) is 0 Å². The number of alkyl halides is 1. The van der Waals surface area contributed by atoms with Crippen molar-refractivity contribution in [2.75, 3.05) is 37.3 Å². The summed E-state index contributed by atoms with van der Waals surface area (Å²) in [6.45, 7) is 10.9. The third kappa shape index (κ3) is 3.58. The van der Waals surface area contributed by atoms with Crippen molar-refractivity contribution in [3.8, 4) is 0 Å². The second kappa shape index (κ2) is 5.40. The molecule has 72 valence electrons. The highest BCUT2D eigenvalue weighted by Gasteiger charge is 2.15. The van der Waals surface area contributed by atoms with Crippen LogP contribution in [-0.4, -0.2) is 47.1 Å². The van der Waals surface area contributed by atoms with Gasteiger partial charge in [-0.15, -0.1) is 0 Å². The summed E-state index contributed by atoms with van der Waals surface area (Å²) in [5.74, 6) is 0.816. The van der Waals surface area contributed by atoms with Crippen molar-refractivity contribution in [2.45, 2.75) is 13.8 Å². The number of hydrogen-bond acceptors (Lipinski definition) is 2. The van der Waals surface area contributed by atoms with E-state index < -0.39 is 0 Å². The molecule has 1 fully saturated rings. The first-order valence-electron chi connectivity index (χ1n) is 4.73. The molecular weight excluding hydrogens is 263 g/mol. The first-order valence-corrected chi connectivity index (χ1v) is 6.25. The molecule has 2 nitrogen and oxygen atoms in total. The van der Waals surface area contributed by atoms with Gasteiger partial charge in [0.2, 0.25) is 0 Å². The Labute approximate surface area is 89.4 Å². The van der Waals surface area contributed by atoms with Crippen molar-refractivity contribution < 1.29 is 0 Å². The van der Waals surface area contributed by atoms with E-state index in [1.807, 2.05) is 0 Å². The zero-order valence-electron chi connectivity index (χ0n) is 8.09. The predicted molar refractivity (Wildman–Crippen MR) is 61.7 cm³/mol. The van der Waals surface area contributed by atoms with E-state index in [1.54, 1.807) is 0 Å². The molecule has 1 aliphatic rings. The Morgan fingerprint density at radius 3 is 2.00 bits per heavy atom. The molecule has 0 radical (unpaired) electrons. The average molecular weight is 282 g/mol. The molecule has 0 aromatic heterocycles. The number of nitrogens with zero attached hydrogens (tertiary/aromatic N) is 2. The van der Waals surface area contributed by atoms with Crippen LogP contribution >= 0.6 is 22.6 Å². The fourth-order valence-electron chi connectivity index (χ4n) is 1.61. The maximum atomic E-state index is 2.58. The van der Waals surface area contributed by atoms with Crippen LogP contribution in [0.3, 0.4) is 0 Å². The molecule has 3 heteroatoms. The van der Waals surface area contributed by atoms with Crippen molar-refractivity contribution in [1.29, 1.82) is 0 Å². The highest BCUT2D eigenvalue weighted by Crippen LogP contribution is 2.05. The van der Waals surface area contributed by atoms with Crippen molar-refractivity contribution in [2.24, 2.45) is 5.92 Å². The topological polar surface area (TPSA) is 6.48 Å². The molecule has 12 heavy (non-hydrogen) atoms. The maximum absolute atomic E-state index is 2.58. The molecule has 0 atom stereocenters. The Hall–Kier alpha value is 0.650. The lowest BCUT2D eigenvalue weighted by Gasteiger charge is -2.34. The summed E-state index contributed by atoms with van der Waals surface area (Å²) in [6.07, 6.45) is 0. The summed E-state index contributed by atoms with van der Waals surface area (Å²) in [6, 6.07) is 0. The summed E-state index contributed by atoms with van der Waals surface area (Å²) < 4.78 is 1.19. The fraction of sp³-hybridized carbons (Fsp3) is 1.00. The summed E-state index contributed by atoms with van der Waals surface area (Å²) in [5.41, 5.74) is 0. The molecule has 1 aliphatic heterocycles. The van der Waals surface area contributed by atoms with E-state index in [-0.39, 0.29) is 0 Å². The van der Waals surface area contributed by atoms with Crippen molar-refractivity contribution >= 4 is 22.6 Å². The largest absolute Gasteiger partial charge is 0.301 e. The molecule has 0 aromatic rings. The van der Waals surface area contributed by atoms with Crippen molar-refractivity contribution in [1.82, 2.24) is 9.80 Å². The molecule has 0 bridgehead atoms. The normalized spacial score (nSPS) is 22.0. The SMILES string of the molecule is CC(C)CN1CCN(CI)CC1. The Kier molecular flexibility index (Phi) is 4.82. The van der Waals surface area contributed by atoms with Crippen LogP contribution in [0.5, 0.6) is 0 Å². The van der Waals surface area contributed by atoms with Crippen molar-refractivity contribution in [3.63, 3.8) is 0 Å². The quantitative estimate of drug-likeness (QED) is 0.441. The van der Waals surface area contributed by atoms with Gasteiger partial charge in [0.05, 0.1) is 4.55 Å².